The molecule has 138 valence electrons. The topological polar surface area (TPSA) is 90.1 Å². The van der Waals surface area contributed by atoms with Gasteiger partial charge in [0.05, 0.1) is 10.7 Å². The smallest absolute Gasteiger partial charge is 0.293 e. The number of hydrogen-bond acceptors (Lipinski definition) is 5. The predicted molar refractivity (Wildman–Crippen MR) is 105 cm³/mol. The molecule has 0 aliphatic carbocycles. The van der Waals surface area contributed by atoms with Crippen molar-refractivity contribution >= 4 is 29.0 Å². The van der Waals surface area contributed by atoms with Gasteiger partial charge in [0.25, 0.3) is 5.69 Å². The van der Waals surface area contributed by atoms with E-state index < -0.39 is 4.92 Å². The summed E-state index contributed by atoms with van der Waals surface area (Å²) in [5.41, 5.74) is 2.92. The molecule has 0 saturated carbocycles. The summed E-state index contributed by atoms with van der Waals surface area (Å²) >= 11 is 1.27. The first-order valence-electron chi connectivity index (χ1n) is 8.22. The molecule has 0 spiro atoms. The zero-order valence-corrected chi connectivity index (χ0v) is 15.7. The van der Waals surface area contributed by atoms with Gasteiger partial charge in [-0.15, -0.1) is 0 Å². The van der Waals surface area contributed by atoms with Crippen LogP contribution in [0.1, 0.15) is 11.1 Å². The van der Waals surface area contributed by atoms with Crippen molar-refractivity contribution in [1.82, 2.24) is 9.55 Å². The molecule has 8 heteroatoms. The van der Waals surface area contributed by atoms with Crippen molar-refractivity contribution in [2.24, 2.45) is 0 Å². The van der Waals surface area contributed by atoms with Crippen LogP contribution in [-0.4, -0.2) is 26.1 Å². The number of thioether (sulfide) groups is 1. The third-order valence-electron chi connectivity index (χ3n) is 3.84. The van der Waals surface area contributed by atoms with Crippen molar-refractivity contribution in [3.05, 3.63) is 76.1 Å². The maximum absolute atomic E-state index is 12.3. The number of benzene rings is 2. The molecule has 0 aliphatic rings. The monoisotopic (exact) mass is 382 g/mol. The van der Waals surface area contributed by atoms with Gasteiger partial charge in [0.1, 0.15) is 5.69 Å². The second kappa shape index (κ2) is 8.05. The number of aryl methyl sites for hydroxylation is 2. The van der Waals surface area contributed by atoms with Gasteiger partial charge in [0.2, 0.25) is 5.91 Å². The van der Waals surface area contributed by atoms with Gasteiger partial charge in [-0.25, -0.2) is 4.98 Å². The minimum absolute atomic E-state index is 0.0911. The highest BCUT2D eigenvalue weighted by Crippen LogP contribution is 2.26. The molecule has 0 fully saturated rings. The number of anilines is 1. The number of nitro groups is 1. The third kappa shape index (κ3) is 4.53. The Hall–Kier alpha value is -3.13. The summed E-state index contributed by atoms with van der Waals surface area (Å²) in [6.07, 6.45) is 3.51. The number of rotatable bonds is 6. The van der Waals surface area contributed by atoms with Crippen LogP contribution in [0.25, 0.3) is 5.69 Å². The van der Waals surface area contributed by atoms with Gasteiger partial charge in [-0.1, -0.05) is 30.0 Å². The highest BCUT2D eigenvalue weighted by atomic mass is 32.2. The molecule has 1 N–H and O–H groups in total. The summed E-state index contributed by atoms with van der Waals surface area (Å²) in [4.78, 5) is 27.2. The van der Waals surface area contributed by atoms with Crippen molar-refractivity contribution in [3.63, 3.8) is 0 Å². The van der Waals surface area contributed by atoms with Crippen LogP contribution in [0.15, 0.2) is 60.0 Å². The lowest BCUT2D eigenvalue weighted by Crippen LogP contribution is -2.15. The van der Waals surface area contributed by atoms with E-state index in [0.717, 1.165) is 16.8 Å². The van der Waals surface area contributed by atoms with Crippen molar-refractivity contribution in [3.8, 4) is 5.69 Å². The van der Waals surface area contributed by atoms with Crippen LogP contribution in [-0.2, 0) is 4.79 Å². The lowest BCUT2D eigenvalue weighted by Gasteiger charge is -2.09. The molecule has 1 aromatic heterocycles. The van der Waals surface area contributed by atoms with Crippen molar-refractivity contribution in [2.45, 2.75) is 19.0 Å². The van der Waals surface area contributed by atoms with Crippen molar-refractivity contribution < 1.29 is 9.72 Å². The second-order valence-electron chi connectivity index (χ2n) is 6.03. The van der Waals surface area contributed by atoms with Crippen LogP contribution in [0.3, 0.4) is 0 Å². The molecule has 3 rings (SSSR count). The van der Waals surface area contributed by atoms with E-state index >= 15 is 0 Å². The van der Waals surface area contributed by atoms with Crippen LogP contribution >= 0.6 is 11.8 Å². The van der Waals surface area contributed by atoms with E-state index in [9.17, 15) is 14.9 Å². The fourth-order valence-electron chi connectivity index (χ4n) is 2.59. The highest BCUT2D eigenvalue weighted by molar-refractivity contribution is 7.99. The Morgan fingerprint density at radius 2 is 2.00 bits per heavy atom. The SMILES string of the molecule is Cc1cccc(-n2ccnc2SCC(=O)Nc2ccc(C)cc2[N+](=O)[O-])c1. The average Bonchev–Trinajstić information content (AvgIpc) is 3.10. The molecule has 0 atom stereocenters. The molecule has 1 amide bonds. The van der Waals surface area contributed by atoms with Crippen molar-refractivity contribution in [1.29, 1.82) is 0 Å². The number of nitrogens with one attached hydrogen (secondary N) is 1. The van der Waals surface area contributed by atoms with E-state index in [1.54, 1.807) is 25.3 Å². The molecule has 27 heavy (non-hydrogen) atoms. The Morgan fingerprint density at radius 1 is 1.22 bits per heavy atom. The van der Waals surface area contributed by atoms with Gasteiger partial charge in [-0.05, 0) is 43.2 Å². The molecule has 0 bridgehead atoms. The molecule has 2 aromatic carbocycles. The first-order valence-corrected chi connectivity index (χ1v) is 9.20. The fraction of sp³-hybridized carbons (Fsp3) is 0.158. The first-order chi connectivity index (χ1) is 12.9. The maximum atomic E-state index is 12.3. The summed E-state index contributed by atoms with van der Waals surface area (Å²) in [6, 6.07) is 12.7. The van der Waals surface area contributed by atoms with E-state index in [2.05, 4.69) is 10.3 Å². The van der Waals surface area contributed by atoms with Crippen molar-refractivity contribution in [2.75, 3.05) is 11.1 Å². The predicted octanol–water partition coefficient (Wildman–Crippen LogP) is 4.13. The van der Waals surface area contributed by atoms with Crippen LogP contribution in [0.5, 0.6) is 0 Å². The van der Waals surface area contributed by atoms with E-state index in [0.29, 0.717) is 5.16 Å². The normalized spacial score (nSPS) is 10.6. The Balaban J connectivity index is 1.69. The van der Waals surface area contributed by atoms with Crippen LogP contribution in [0.2, 0.25) is 0 Å². The van der Waals surface area contributed by atoms with Gasteiger partial charge in [0, 0.05) is 24.1 Å². The molecule has 3 aromatic rings. The summed E-state index contributed by atoms with van der Waals surface area (Å²) in [5.74, 6) is -0.237. The standard InChI is InChI=1S/C19H18N4O3S/c1-13-4-3-5-15(10-13)22-9-8-20-19(22)27-12-18(24)21-16-7-6-14(2)11-17(16)23(25)26/h3-11H,12H2,1-2H3,(H,21,24). The molecule has 0 saturated heterocycles. The van der Waals surface area contributed by atoms with E-state index in [1.165, 1.54) is 17.8 Å². The molecule has 0 aliphatic heterocycles. The second-order valence-corrected chi connectivity index (χ2v) is 6.98. The molecule has 0 radical (unpaired) electrons. The van der Waals surface area contributed by atoms with E-state index in [-0.39, 0.29) is 23.0 Å². The number of carbonyl (C=O) groups is 1. The molecule has 1 heterocycles. The van der Waals surface area contributed by atoms with Gasteiger partial charge in [-0.2, -0.15) is 0 Å². The number of imidazole rings is 1. The zero-order chi connectivity index (χ0) is 19.4. The lowest BCUT2D eigenvalue weighted by atomic mass is 10.2. The highest BCUT2D eigenvalue weighted by Gasteiger charge is 2.17. The molecular formula is C19H18N4O3S. The van der Waals surface area contributed by atoms with Gasteiger partial charge in [-0.3, -0.25) is 19.5 Å². The summed E-state index contributed by atoms with van der Waals surface area (Å²) < 4.78 is 1.90. The number of nitro benzene ring substituents is 1. The zero-order valence-electron chi connectivity index (χ0n) is 14.9. The molecule has 0 unspecified atom stereocenters. The average molecular weight is 382 g/mol. The third-order valence-corrected chi connectivity index (χ3v) is 4.81. The lowest BCUT2D eigenvalue weighted by molar-refractivity contribution is -0.384. The van der Waals surface area contributed by atoms with E-state index in [4.69, 9.17) is 0 Å². The number of amides is 1. The van der Waals surface area contributed by atoms with Gasteiger partial charge >= 0.3 is 0 Å². The quantitative estimate of drug-likeness (QED) is 0.393. The Kier molecular flexibility index (Phi) is 5.56. The van der Waals surface area contributed by atoms with Crippen LogP contribution < -0.4 is 5.32 Å². The molecule has 7 nitrogen and oxygen atoms in total. The van der Waals surface area contributed by atoms with Gasteiger partial charge < -0.3 is 5.32 Å². The summed E-state index contributed by atoms with van der Waals surface area (Å²) in [6.45, 7) is 3.77. The number of aromatic nitrogens is 2. The molecular weight excluding hydrogens is 364 g/mol. The minimum Gasteiger partial charge on any atom is -0.320 e. The summed E-state index contributed by atoms with van der Waals surface area (Å²) in [7, 11) is 0. The van der Waals surface area contributed by atoms with Crippen LogP contribution in [0.4, 0.5) is 11.4 Å². The van der Waals surface area contributed by atoms with E-state index in [1.807, 2.05) is 42.0 Å². The largest absolute Gasteiger partial charge is 0.320 e. The summed E-state index contributed by atoms with van der Waals surface area (Å²) in [5, 5.41) is 14.5. The number of hydrogen-bond donors (Lipinski definition) is 1. The Morgan fingerprint density at radius 3 is 2.74 bits per heavy atom. The van der Waals surface area contributed by atoms with Crippen LogP contribution in [0, 0.1) is 24.0 Å². The van der Waals surface area contributed by atoms with Gasteiger partial charge in [0.15, 0.2) is 5.16 Å². The Bertz CT molecular complexity index is 1000. The first kappa shape index (κ1) is 18.7. The minimum atomic E-state index is -0.500. The number of carbonyl (C=O) groups excluding carboxylic acids is 1. The maximum Gasteiger partial charge on any atom is 0.293 e. The number of nitrogens with zero attached hydrogens (tertiary/aromatic N) is 3. The fourth-order valence-corrected chi connectivity index (χ4v) is 3.36. The Labute approximate surface area is 160 Å².